The molecule has 4 rings (SSSR count). The summed E-state index contributed by atoms with van der Waals surface area (Å²) in [5, 5.41) is 13.9. The maximum atomic E-state index is 13.3. The van der Waals surface area contributed by atoms with Crippen molar-refractivity contribution in [3.63, 3.8) is 0 Å². The van der Waals surface area contributed by atoms with Crippen molar-refractivity contribution in [2.24, 2.45) is 0 Å². The number of aromatic nitrogens is 3. The summed E-state index contributed by atoms with van der Waals surface area (Å²) in [7, 11) is -3.68. The van der Waals surface area contributed by atoms with Crippen LogP contribution in [-0.4, -0.2) is 47.7 Å². The monoisotopic (exact) mass is 454 g/mol. The fourth-order valence-corrected chi connectivity index (χ4v) is 5.35. The number of benzene rings is 1. The molecule has 0 aliphatic heterocycles. The summed E-state index contributed by atoms with van der Waals surface area (Å²) in [5.41, 5.74) is 7.52. The molecule has 0 bridgehead atoms. The van der Waals surface area contributed by atoms with Gasteiger partial charge in [0.25, 0.3) is 0 Å². The van der Waals surface area contributed by atoms with Crippen molar-refractivity contribution in [1.82, 2.24) is 20.3 Å². The Kier molecular flexibility index (Phi) is 5.76. The van der Waals surface area contributed by atoms with Gasteiger partial charge in [-0.05, 0) is 49.2 Å². The zero-order valence-electron chi connectivity index (χ0n) is 17.0. The molecule has 5 N–H and O–H groups in total. The van der Waals surface area contributed by atoms with Crippen molar-refractivity contribution in [1.29, 1.82) is 0 Å². The number of urea groups is 1. The SMILES string of the molecule is Nc1cc(C2(S(=O)(=O)c3ccncc3)CC2)nc(-c2ccc(NC(=O)NCCO)cc2)n1. The molecule has 0 atom stereocenters. The molecule has 2 heterocycles. The number of rotatable bonds is 7. The minimum Gasteiger partial charge on any atom is -0.395 e. The number of sulfone groups is 1. The van der Waals surface area contributed by atoms with Gasteiger partial charge in [0.15, 0.2) is 15.7 Å². The summed E-state index contributed by atoms with van der Waals surface area (Å²) in [6, 6.07) is 10.8. The van der Waals surface area contributed by atoms with E-state index >= 15 is 0 Å². The first kappa shape index (κ1) is 21.7. The van der Waals surface area contributed by atoms with Gasteiger partial charge in [-0.25, -0.2) is 23.2 Å². The highest BCUT2D eigenvalue weighted by Crippen LogP contribution is 2.54. The third-order valence-electron chi connectivity index (χ3n) is 5.19. The Morgan fingerprint density at radius 1 is 1.09 bits per heavy atom. The zero-order chi connectivity index (χ0) is 22.8. The fraction of sp³-hybridized carbons (Fsp3) is 0.238. The van der Waals surface area contributed by atoms with Crippen LogP contribution in [0, 0.1) is 0 Å². The fourth-order valence-electron chi connectivity index (χ4n) is 3.39. The molecule has 2 aromatic heterocycles. The molecule has 0 spiro atoms. The van der Waals surface area contributed by atoms with Gasteiger partial charge in [-0.3, -0.25) is 4.98 Å². The van der Waals surface area contributed by atoms with Crippen LogP contribution < -0.4 is 16.4 Å². The Morgan fingerprint density at radius 2 is 1.78 bits per heavy atom. The van der Waals surface area contributed by atoms with Crippen LogP contribution in [0.2, 0.25) is 0 Å². The number of aliphatic hydroxyl groups excluding tert-OH is 1. The molecule has 1 aliphatic carbocycles. The van der Waals surface area contributed by atoms with E-state index in [2.05, 4.69) is 25.6 Å². The predicted molar refractivity (Wildman–Crippen MR) is 118 cm³/mol. The lowest BCUT2D eigenvalue weighted by atomic mass is 10.1. The van der Waals surface area contributed by atoms with Crippen LogP contribution in [0.15, 0.2) is 59.8 Å². The summed E-state index contributed by atoms with van der Waals surface area (Å²) in [4.78, 5) is 24.6. The summed E-state index contributed by atoms with van der Waals surface area (Å²) in [5.74, 6) is 0.472. The van der Waals surface area contributed by atoms with Gasteiger partial charge in [0.2, 0.25) is 0 Å². The van der Waals surface area contributed by atoms with Crippen molar-refractivity contribution in [2.45, 2.75) is 22.5 Å². The van der Waals surface area contributed by atoms with E-state index in [1.165, 1.54) is 30.6 Å². The highest BCUT2D eigenvalue weighted by Gasteiger charge is 2.57. The molecular formula is C21H22N6O4S. The maximum absolute atomic E-state index is 13.3. The third-order valence-corrected chi connectivity index (χ3v) is 7.73. The van der Waals surface area contributed by atoms with Crippen molar-refractivity contribution < 1.29 is 18.3 Å². The van der Waals surface area contributed by atoms with Gasteiger partial charge < -0.3 is 21.5 Å². The number of nitrogens with zero attached hydrogens (tertiary/aromatic N) is 3. The van der Waals surface area contributed by atoms with E-state index in [0.29, 0.717) is 35.6 Å². The van der Waals surface area contributed by atoms with Crippen LogP contribution in [-0.2, 0) is 14.6 Å². The van der Waals surface area contributed by atoms with Gasteiger partial charge in [0.1, 0.15) is 10.6 Å². The third kappa shape index (κ3) is 4.12. The molecule has 0 unspecified atom stereocenters. The minimum absolute atomic E-state index is 0.147. The average molecular weight is 455 g/mol. The molecule has 11 heteroatoms. The Bertz CT molecular complexity index is 1230. The maximum Gasteiger partial charge on any atom is 0.319 e. The molecule has 1 aromatic carbocycles. The van der Waals surface area contributed by atoms with Crippen molar-refractivity contribution >= 4 is 27.4 Å². The van der Waals surface area contributed by atoms with Gasteiger partial charge in [0.05, 0.1) is 17.2 Å². The van der Waals surface area contributed by atoms with E-state index in [1.54, 1.807) is 24.3 Å². The topological polar surface area (TPSA) is 160 Å². The minimum atomic E-state index is -3.68. The van der Waals surface area contributed by atoms with Gasteiger partial charge >= 0.3 is 6.03 Å². The smallest absolute Gasteiger partial charge is 0.319 e. The molecule has 3 aromatic rings. The number of hydrogen-bond acceptors (Lipinski definition) is 8. The summed E-state index contributed by atoms with van der Waals surface area (Å²) in [6.07, 6.45) is 3.78. The first-order valence-electron chi connectivity index (χ1n) is 9.91. The number of aliphatic hydroxyl groups is 1. The van der Waals surface area contributed by atoms with E-state index in [0.717, 1.165) is 0 Å². The number of pyridine rings is 1. The van der Waals surface area contributed by atoms with Crippen LogP contribution in [0.5, 0.6) is 0 Å². The number of hydrogen-bond donors (Lipinski definition) is 4. The second kappa shape index (κ2) is 8.52. The number of carbonyl (C=O) groups excluding carboxylic acids is 1. The molecule has 1 saturated carbocycles. The standard InChI is InChI=1S/C21H22N6O4S/c22-18-13-17(21(7-8-21)32(30,31)16-5-9-23-10-6-16)26-19(27-18)14-1-3-15(4-2-14)25-20(29)24-11-12-28/h1-6,9-10,13,28H,7-8,11-12H2,(H2,22,26,27)(H2,24,25,29). The van der Waals surface area contributed by atoms with Crippen molar-refractivity contribution in [2.75, 3.05) is 24.2 Å². The molecule has 0 radical (unpaired) electrons. The van der Waals surface area contributed by atoms with Crippen LogP contribution >= 0.6 is 0 Å². The number of amides is 2. The van der Waals surface area contributed by atoms with E-state index in [-0.39, 0.29) is 23.9 Å². The second-order valence-corrected chi connectivity index (χ2v) is 9.62. The number of nitrogen functional groups attached to an aromatic ring is 1. The largest absolute Gasteiger partial charge is 0.395 e. The van der Waals surface area contributed by atoms with Gasteiger partial charge in [-0.15, -0.1) is 0 Å². The van der Waals surface area contributed by atoms with Crippen LogP contribution in [0.4, 0.5) is 16.3 Å². The lowest BCUT2D eigenvalue weighted by Gasteiger charge is -2.17. The van der Waals surface area contributed by atoms with E-state index in [9.17, 15) is 13.2 Å². The molecule has 2 amide bonds. The molecule has 10 nitrogen and oxygen atoms in total. The molecule has 1 fully saturated rings. The Hall–Kier alpha value is -3.57. The lowest BCUT2D eigenvalue weighted by Crippen LogP contribution is -2.30. The number of nitrogens with two attached hydrogens (primary N) is 1. The van der Waals surface area contributed by atoms with Gasteiger partial charge in [0, 0.05) is 36.3 Å². The van der Waals surface area contributed by atoms with E-state index < -0.39 is 20.6 Å². The van der Waals surface area contributed by atoms with Crippen LogP contribution in [0.3, 0.4) is 0 Å². The molecule has 0 saturated heterocycles. The number of nitrogens with one attached hydrogen (secondary N) is 2. The van der Waals surface area contributed by atoms with Crippen LogP contribution in [0.1, 0.15) is 18.5 Å². The highest BCUT2D eigenvalue weighted by atomic mass is 32.2. The van der Waals surface area contributed by atoms with Gasteiger partial charge in [-0.2, -0.15) is 0 Å². The Balaban J connectivity index is 1.62. The first-order valence-corrected chi connectivity index (χ1v) is 11.4. The average Bonchev–Trinajstić information content (AvgIpc) is 3.61. The zero-order valence-corrected chi connectivity index (χ0v) is 17.8. The van der Waals surface area contributed by atoms with Crippen molar-refractivity contribution in [3.8, 4) is 11.4 Å². The first-order chi connectivity index (χ1) is 15.4. The Labute approximate surface area is 184 Å². The summed E-state index contributed by atoms with van der Waals surface area (Å²) >= 11 is 0. The summed E-state index contributed by atoms with van der Waals surface area (Å²) < 4.78 is 25.5. The van der Waals surface area contributed by atoms with Crippen molar-refractivity contribution in [3.05, 3.63) is 60.6 Å². The van der Waals surface area contributed by atoms with Crippen LogP contribution in [0.25, 0.3) is 11.4 Å². The van der Waals surface area contributed by atoms with Gasteiger partial charge in [-0.1, -0.05) is 0 Å². The Morgan fingerprint density at radius 3 is 2.41 bits per heavy atom. The number of carbonyl (C=O) groups is 1. The molecule has 1 aliphatic rings. The summed E-state index contributed by atoms with van der Waals surface area (Å²) in [6.45, 7) is -0.00614. The molecule has 32 heavy (non-hydrogen) atoms. The lowest BCUT2D eigenvalue weighted by molar-refractivity contribution is 0.245. The normalized spacial score (nSPS) is 14.5. The molecular weight excluding hydrogens is 432 g/mol. The highest BCUT2D eigenvalue weighted by molar-refractivity contribution is 7.92. The predicted octanol–water partition coefficient (Wildman–Crippen LogP) is 1.70. The quantitative estimate of drug-likeness (QED) is 0.419. The van der Waals surface area contributed by atoms with E-state index in [4.69, 9.17) is 10.8 Å². The second-order valence-electron chi connectivity index (χ2n) is 7.36. The molecule has 166 valence electrons. The number of anilines is 2. The van der Waals surface area contributed by atoms with E-state index in [1.807, 2.05) is 0 Å².